The number of carbonyl (C=O) groups is 1. The summed E-state index contributed by atoms with van der Waals surface area (Å²) in [5.74, 6) is 0.152. The first kappa shape index (κ1) is 17.7. The van der Waals surface area contributed by atoms with Crippen molar-refractivity contribution in [3.8, 4) is 0 Å². The Kier molecular flexibility index (Phi) is 4.90. The molecule has 1 amide bonds. The Hall–Kier alpha value is -2.72. The predicted molar refractivity (Wildman–Crippen MR) is 109 cm³/mol. The molecule has 0 saturated carbocycles. The number of carbonyl (C=O) groups excluding carboxylic acids is 1. The van der Waals surface area contributed by atoms with E-state index in [1.165, 1.54) is 16.5 Å². The maximum Gasteiger partial charge on any atom is 0.254 e. The summed E-state index contributed by atoms with van der Waals surface area (Å²) in [4.78, 5) is 21.8. The number of pyridine rings is 1. The number of hydrogen-bond acceptors (Lipinski definition) is 3. The van der Waals surface area contributed by atoms with Crippen LogP contribution in [0.5, 0.6) is 0 Å². The lowest BCUT2D eigenvalue weighted by molar-refractivity contribution is 0.0628. The van der Waals surface area contributed by atoms with Crippen LogP contribution in [-0.2, 0) is 6.54 Å². The molecule has 0 N–H and O–H groups in total. The zero-order valence-corrected chi connectivity index (χ0v) is 16.0. The van der Waals surface area contributed by atoms with Crippen LogP contribution in [0.1, 0.15) is 27.0 Å². The quantitative estimate of drug-likeness (QED) is 0.713. The lowest BCUT2D eigenvalue weighted by Gasteiger charge is -2.35. The van der Waals surface area contributed by atoms with Crippen LogP contribution in [0.3, 0.4) is 0 Å². The van der Waals surface area contributed by atoms with E-state index in [4.69, 9.17) is 0 Å². The molecule has 2 heterocycles. The van der Waals surface area contributed by atoms with Crippen LogP contribution >= 0.6 is 0 Å². The fourth-order valence-electron chi connectivity index (χ4n) is 3.87. The van der Waals surface area contributed by atoms with Gasteiger partial charge in [0.1, 0.15) is 0 Å². The third kappa shape index (κ3) is 3.71. The van der Waals surface area contributed by atoms with Crippen molar-refractivity contribution in [2.24, 2.45) is 0 Å². The van der Waals surface area contributed by atoms with Crippen molar-refractivity contribution in [2.75, 3.05) is 26.2 Å². The first-order valence-electron chi connectivity index (χ1n) is 9.53. The maximum absolute atomic E-state index is 12.9. The molecule has 0 aliphatic carbocycles. The minimum absolute atomic E-state index is 0.152. The van der Waals surface area contributed by atoms with Gasteiger partial charge in [0.05, 0.1) is 5.52 Å². The third-order valence-electron chi connectivity index (χ3n) is 5.38. The van der Waals surface area contributed by atoms with Crippen molar-refractivity contribution in [3.05, 3.63) is 77.0 Å². The number of rotatable bonds is 3. The van der Waals surface area contributed by atoms with Crippen molar-refractivity contribution >= 4 is 16.8 Å². The number of hydrogen-bond donors (Lipinski definition) is 0. The minimum Gasteiger partial charge on any atom is -0.336 e. The van der Waals surface area contributed by atoms with Crippen LogP contribution in [0.2, 0.25) is 0 Å². The second-order valence-electron chi connectivity index (χ2n) is 7.38. The molecule has 4 nitrogen and oxygen atoms in total. The lowest BCUT2D eigenvalue weighted by atomic mass is 10.0. The van der Waals surface area contributed by atoms with Crippen molar-refractivity contribution in [1.82, 2.24) is 14.8 Å². The largest absolute Gasteiger partial charge is 0.336 e. The van der Waals surface area contributed by atoms with Crippen LogP contribution in [0.25, 0.3) is 10.9 Å². The molecular weight excluding hydrogens is 334 g/mol. The highest BCUT2D eigenvalue weighted by atomic mass is 16.2. The lowest BCUT2D eigenvalue weighted by Crippen LogP contribution is -2.48. The fourth-order valence-corrected chi connectivity index (χ4v) is 3.87. The second-order valence-corrected chi connectivity index (χ2v) is 7.38. The highest BCUT2D eigenvalue weighted by molar-refractivity contribution is 5.95. The molecule has 4 rings (SSSR count). The molecule has 0 spiro atoms. The summed E-state index contributed by atoms with van der Waals surface area (Å²) >= 11 is 0. The highest BCUT2D eigenvalue weighted by Gasteiger charge is 2.23. The van der Waals surface area contributed by atoms with E-state index in [0.29, 0.717) is 0 Å². The Morgan fingerprint density at radius 1 is 1.00 bits per heavy atom. The van der Waals surface area contributed by atoms with Gasteiger partial charge in [-0.05, 0) is 37.1 Å². The molecule has 2 aromatic carbocycles. The summed E-state index contributed by atoms with van der Waals surface area (Å²) in [6.45, 7) is 8.26. The van der Waals surface area contributed by atoms with Crippen molar-refractivity contribution < 1.29 is 4.79 Å². The van der Waals surface area contributed by atoms with E-state index in [1.807, 2.05) is 36.2 Å². The number of aryl methyl sites for hydroxylation is 2. The average molecular weight is 359 g/mol. The zero-order valence-electron chi connectivity index (χ0n) is 16.0. The molecule has 1 aromatic heterocycles. The van der Waals surface area contributed by atoms with Gasteiger partial charge in [-0.15, -0.1) is 0 Å². The Labute approximate surface area is 160 Å². The topological polar surface area (TPSA) is 36.4 Å². The third-order valence-corrected chi connectivity index (χ3v) is 5.38. The number of nitrogens with zero attached hydrogens (tertiary/aromatic N) is 3. The maximum atomic E-state index is 12.9. The monoisotopic (exact) mass is 359 g/mol. The molecular formula is C23H25N3O. The van der Waals surface area contributed by atoms with E-state index in [0.717, 1.165) is 49.4 Å². The molecule has 0 bridgehead atoms. The normalized spacial score (nSPS) is 15.3. The van der Waals surface area contributed by atoms with Crippen molar-refractivity contribution in [3.63, 3.8) is 0 Å². The fraction of sp³-hybridized carbons (Fsp3) is 0.304. The van der Waals surface area contributed by atoms with E-state index in [-0.39, 0.29) is 5.91 Å². The summed E-state index contributed by atoms with van der Waals surface area (Å²) in [6, 6.07) is 16.5. The van der Waals surface area contributed by atoms with Crippen LogP contribution in [0.4, 0.5) is 0 Å². The SMILES string of the molecule is Cc1ccc(C(=O)N2CCN(Cc3cccc4cccnc34)CC2)c(C)c1. The molecule has 1 aliphatic rings. The standard InChI is InChI=1S/C23H25N3O/c1-17-8-9-21(18(2)15-17)23(27)26-13-11-25(12-14-26)16-20-6-3-5-19-7-4-10-24-22(19)20/h3-10,15H,11-14,16H2,1-2H3. The summed E-state index contributed by atoms with van der Waals surface area (Å²) in [5.41, 5.74) is 5.41. The number of amides is 1. The summed E-state index contributed by atoms with van der Waals surface area (Å²) in [5, 5.41) is 1.18. The van der Waals surface area contributed by atoms with Crippen molar-refractivity contribution in [1.29, 1.82) is 0 Å². The van der Waals surface area contributed by atoms with Gasteiger partial charge in [0.2, 0.25) is 0 Å². The molecule has 0 radical (unpaired) electrons. The first-order chi connectivity index (χ1) is 13.1. The number of para-hydroxylation sites is 1. The first-order valence-corrected chi connectivity index (χ1v) is 9.53. The molecule has 4 heteroatoms. The van der Waals surface area contributed by atoms with Gasteiger partial charge in [-0.2, -0.15) is 0 Å². The average Bonchev–Trinajstić information content (AvgIpc) is 2.68. The summed E-state index contributed by atoms with van der Waals surface area (Å²) in [7, 11) is 0. The Bertz CT molecular complexity index is 969. The number of aromatic nitrogens is 1. The van der Waals surface area contributed by atoms with E-state index in [2.05, 4.69) is 47.1 Å². The molecule has 1 aliphatic heterocycles. The number of piperazine rings is 1. The van der Waals surface area contributed by atoms with Gasteiger partial charge < -0.3 is 4.90 Å². The predicted octanol–water partition coefficient (Wildman–Crippen LogP) is 3.81. The van der Waals surface area contributed by atoms with Crippen molar-refractivity contribution in [2.45, 2.75) is 20.4 Å². The Balaban J connectivity index is 1.42. The van der Waals surface area contributed by atoms with E-state index >= 15 is 0 Å². The molecule has 3 aromatic rings. The Morgan fingerprint density at radius 3 is 2.56 bits per heavy atom. The van der Waals surface area contributed by atoms with Crippen LogP contribution in [0.15, 0.2) is 54.7 Å². The van der Waals surface area contributed by atoms with Gasteiger partial charge in [-0.1, -0.05) is 42.0 Å². The van der Waals surface area contributed by atoms with Gasteiger partial charge in [0, 0.05) is 49.9 Å². The molecule has 0 unspecified atom stereocenters. The molecule has 27 heavy (non-hydrogen) atoms. The summed E-state index contributed by atoms with van der Waals surface area (Å²) < 4.78 is 0. The zero-order chi connectivity index (χ0) is 18.8. The number of fused-ring (bicyclic) bond motifs is 1. The molecule has 1 saturated heterocycles. The number of benzene rings is 2. The van der Waals surface area contributed by atoms with E-state index in [9.17, 15) is 4.79 Å². The van der Waals surface area contributed by atoms with Gasteiger partial charge in [0.15, 0.2) is 0 Å². The van der Waals surface area contributed by atoms with Crippen LogP contribution < -0.4 is 0 Å². The highest BCUT2D eigenvalue weighted by Crippen LogP contribution is 2.19. The van der Waals surface area contributed by atoms with E-state index in [1.54, 1.807) is 0 Å². The van der Waals surface area contributed by atoms with Gasteiger partial charge in [-0.25, -0.2) is 0 Å². The van der Waals surface area contributed by atoms with Gasteiger partial charge in [-0.3, -0.25) is 14.7 Å². The molecule has 0 atom stereocenters. The van der Waals surface area contributed by atoms with Gasteiger partial charge >= 0.3 is 0 Å². The second kappa shape index (κ2) is 7.49. The summed E-state index contributed by atoms with van der Waals surface area (Å²) in [6.07, 6.45) is 1.85. The minimum atomic E-state index is 0.152. The van der Waals surface area contributed by atoms with Crippen LogP contribution in [0, 0.1) is 13.8 Å². The molecule has 1 fully saturated rings. The Morgan fingerprint density at radius 2 is 1.78 bits per heavy atom. The van der Waals surface area contributed by atoms with E-state index < -0.39 is 0 Å². The molecule has 138 valence electrons. The van der Waals surface area contributed by atoms with Crippen LogP contribution in [-0.4, -0.2) is 46.9 Å². The smallest absolute Gasteiger partial charge is 0.254 e. The van der Waals surface area contributed by atoms with Gasteiger partial charge in [0.25, 0.3) is 5.91 Å².